The van der Waals surface area contributed by atoms with E-state index in [1.54, 1.807) is 6.08 Å². The van der Waals surface area contributed by atoms with Crippen LogP contribution in [-0.2, 0) is 9.59 Å². The Morgan fingerprint density at radius 3 is 2.00 bits per heavy atom. The highest BCUT2D eigenvalue weighted by atomic mass is 16.4. The van der Waals surface area contributed by atoms with Gasteiger partial charge in [0, 0.05) is 12.5 Å². The van der Waals surface area contributed by atoms with E-state index in [0.717, 1.165) is 38.2 Å². The molecule has 6 heteroatoms. The van der Waals surface area contributed by atoms with Gasteiger partial charge in [-0.1, -0.05) is 12.5 Å². The number of carboxylic acid groups (broad SMARTS) is 2. The van der Waals surface area contributed by atoms with Crippen molar-refractivity contribution in [3.8, 4) is 0 Å². The summed E-state index contributed by atoms with van der Waals surface area (Å²) in [6, 6.07) is 0. The maximum Gasteiger partial charge on any atom is 0.327 e. The molecule has 0 saturated carbocycles. The average molecular weight is 260 g/mol. The zero-order chi connectivity index (χ0) is 14.2. The summed E-state index contributed by atoms with van der Waals surface area (Å²) in [5.41, 5.74) is 10.4. The molecule has 0 aromatic rings. The SMILES string of the molecule is NCCC/C=C/C(=O)O.NCCCCCC(=O)O. The van der Waals surface area contributed by atoms with E-state index in [9.17, 15) is 9.59 Å². The fourth-order valence-electron chi connectivity index (χ4n) is 1.02. The molecule has 0 amide bonds. The van der Waals surface area contributed by atoms with Crippen molar-refractivity contribution in [3.05, 3.63) is 12.2 Å². The van der Waals surface area contributed by atoms with Crippen LogP contribution in [0, 0.1) is 0 Å². The summed E-state index contributed by atoms with van der Waals surface area (Å²) in [7, 11) is 0. The summed E-state index contributed by atoms with van der Waals surface area (Å²) in [4.78, 5) is 19.8. The van der Waals surface area contributed by atoms with Crippen molar-refractivity contribution < 1.29 is 19.8 Å². The fraction of sp³-hybridized carbons (Fsp3) is 0.667. The van der Waals surface area contributed by atoms with Gasteiger partial charge in [0.2, 0.25) is 0 Å². The van der Waals surface area contributed by atoms with Gasteiger partial charge in [0.05, 0.1) is 0 Å². The van der Waals surface area contributed by atoms with Crippen molar-refractivity contribution in [2.75, 3.05) is 13.1 Å². The lowest BCUT2D eigenvalue weighted by atomic mass is 10.2. The Morgan fingerprint density at radius 1 is 0.944 bits per heavy atom. The van der Waals surface area contributed by atoms with Crippen LogP contribution in [0.4, 0.5) is 0 Å². The van der Waals surface area contributed by atoms with Gasteiger partial charge < -0.3 is 21.7 Å². The number of rotatable bonds is 9. The zero-order valence-electron chi connectivity index (χ0n) is 10.7. The molecule has 0 aliphatic rings. The summed E-state index contributed by atoms with van der Waals surface area (Å²) in [6.07, 6.45) is 7.25. The molecule has 0 fully saturated rings. The molecule has 6 N–H and O–H groups in total. The molecule has 0 bridgehead atoms. The normalized spacial score (nSPS) is 9.89. The van der Waals surface area contributed by atoms with Crippen LogP contribution in [0.1, 0.15) is 38.5 Å². The topological polar surface area (TPSA) is 127 Å². The lowest BCUT2D eigenvalue weighted by Crippen LogP contribution is -1.99. The standard InChI is InChI=1S/C6H13NO2.C6H11NO2/c2*7-5-3-1-2-4-6(8)9/h1-5,7H2,(H,8,9);2,4H,1,3,5,7H2,(H,8,9)/b;4-2+. The number of hydrogen-bond acceptors (Lipinski definition) is 4. The Labute approximate surface area is 108 Å². The van der Waals surface area contributed by atoms with Crippen LogP contribution in [-0.4, -0.2) is 35.2 Å². The highest BCUT2D eigenvalue weighted by Crippen LogP contribution is 1.97. The van der Waals surface area contributed by atoms with Crippen LogP contribution in [0.5, 0.6) is 0 Å². The molecular weight excluding hydrogens is 236 g/mol. The Kier molecular flexibility index (Phi) is 16.4. The van der Waals surface area contributed by atoms with Gasteiger partial charge in [0.25, 0.3) is 0 Å². The predicted octanol–water partition coefficient (Wildman–Crippen LogP) is 0.956. The van der Waals surface area contributed by atoms with E-state index in [4.69, 9.17) is 21.7 Å². The number of carbonyl (C=O) groups is 2. The molecule has 18 heavy (non-hydrogen) atoms. The van der Waals surface area contributed by atoms with Crippen LogP contribution in [0.25, 0.3) is 0 Å². The molecule has 6 nitrogen and oxygen atoms in total. The van der Waals surface area contributed by atoms with Crippen molar-refractivity contribution in [1.82, 2.24) is 0 Å². The first kappa shape index (κ1) is 19.0. The minimum atomic E-state index is -0.896. The Bertz CT molecular complexity index is 242. The van der Waals surface area contributed by atoms with Gasteiger partial charge >= 0.3 is 11.9 Å². The Morgan fingerprint density at radius 2 is 1.56 bits per heavy atom. The summed E-state index contributed by atoms with van der Waals surface area (Å²) in [5.74, 6) is -1.61. The smallest absolute Gasteiger partial charge is 0.327 e. The first-order chi connectivity index (χ1) is 8.54. The van der Waals surface area contributed by atoms with E-state index in [1.807, 2.05) is 0 Å². The number of carboxylic acids is 2. The molecule has 0 rings (SSSR count). The Hall–Kier alpha value is -1.40. The molecule has 106 valence electrons. The van der Waals surface area contributed by atoms with Gasteiger partial charge in [-0.2, -0.15) is 0 Å². The van der Waals surface area contributed by atoms with Crippen LogP contribution < -0.4 is 11.5 Å². The largest absolute Gasteiger partial charge is 0.481 e. The minimum absolute atomic E-state index is 0.278. The van der Waals surface area contributed by atoms with Crippen LogP contribution in [0.2, 0.25) is 0 Å². The highest BCUT2D eigenvalue weighted by molar-refractivity contribution is 5.79. The molecule has 0 atom stereocenters. The third-order valence-corrected chi connectivity index (χ3v) is 1.93. The maximum atomic E-state index is 9.93. The molecule has 0 radical (unpaired) electrons. The molecule has 0 aromatic carbocycles. The number of allylic oxidation sites excluding steroid dienone is 1. The second-order valence-corrected chi connectivity index (χ2v) is 3.66. The van der Waals surface area contributed by atoms with Crippen molar-refractivity contribution in [3.63, 3.8) is 0 Å². The molecule has 0 aliphatic heterocycles. The van der Waals surface area contributed by atoms with Gasteiger partial charge in [-0.25, -0.2) is 4.79 Å². The number of hydrogen-bond donors (Lipinski definition) is 4. The van der Waals surface area contributed by atoms with Gasteiger partial charge in [0.15, 0.2) is 0 Å². The molecular formula is C12H24N2O4. The summed E-state index contributed by atoms with van der Waals surface area (Å²) in [6.45, 7) is 1.28. The van der Waals surface area contributed by atoms with Gasteiger partial charge in [-0.15, -0.1) is 0 Å². The Balaban J connectivity index is 0. The molecule has 0 heterocycles. The molecule has 0 unspecified atom stereocenters. The van der Waals surface area contributed by atoms with E-state index in [0.29, 0.717) is 13.1 Å². The highest BCUT2D eigenvalue weighted by Gasteiger charge is 1.94. The monoisotopic (exact) mass is 260 g/mol. The molecule has 0 saturated heterocycles. The summed E-state index contributed by atoms with van der Waals surface area (Å²) < 4.78 is 0. The second kappa shape index (κ2) is 15.6. The van der Waals surface area contributed by atoms with Crippen molar-refractivity contribution in [2.45, 2.75) is 38.5 Å². The van der Waals surface area contributed by atoms with E-state index < -0.39 is 11.9 Å². The van der Waals surface area contributed by atoms with Crippen LogP contribution >= 0.6 is 0 Å². The third-order valence-electron chi connectivity index (χ3n) is 1.93. The van der Waals surface area contributed by atoms with E-state index in [2.05, 4.69) is 0 Å². The second-order valence-electron chi connectivity index (χ2n) is 3.66. The first-order valence-corrected chi connectivity index (χ1v) is 6.06. The zero-order valence-corrected chi connectivity index (χ0v) is 10.7. The van der Waals surface area contributed by atoms with Crippen molar-refractivity contribution >= 4 is 11.9 Å². The van der Waals surface area contributed by atoms with Crippen LogP contribution in [0.3, 0.4) is 0 Å². The predicted molar refractivity (Wildman–Crippen MR) is 70.2 cm³/mol. The fourth-order valence-corrected chi connectivity index (χ4v) is 1.02. The molecule has 0 spiro atoms. The quantitative estimate of drug-likeness (QED) is 0.361. The van der Waals surface area contributed by atoms with Crippen molar-refractivity contribution in [1.29, 1.82) is 0 Å². The molecule has 0 aliphatic carbocycles. The summed E-state index contributed by atoms with van der Waals surface area (Å²) >= 11 is 0. The lowest BCUT2D eigenvalue weighted by Gasteiger charge is -1.93. The average Bonchev–Trinajstić information content (AvgIpc) is 2.31. The summed E-state index contributed by atoms with van der Waals surface area (Å²) in [5, 5.41) is 16.3. The molecule has 0 aromatic heterocycles. The van der Waals surface area contributed by atoms with Gasteiger partial charge in [-0.3, -0.25) is 4.79 Å². The van der Waals surface area contributed by atoms with Crippen molar-refractivity contribution in [2.24, 2.45) is 11.5 Å². The number of aliphatic carboxylic acids is 2. The van der Waals surface area contributed by atoms with E-state index in [1.165, 1.54) is 0 Å². The van der Waals surface area contributed by atoms with Gasteiger partial charge in [0.1, 0.15) is 0 Å². The first-order valence-electron chi connectivity index (χ1n) is 6.06. The maximum absolute atomic E-state index is 9.93. The number of unbranched alkanes of at least 4 members (excludes halogenated alkanes) is 3. The van der Waals surface area contributed by atoms with E-state index >= 15 is 0 Å². The number of nitrogens with two attached hydrogens (primary N) is 2. The van der Waals surface area contributed by atoms with Crippen LogP contribution in [0.15, 0.2) is 12.2 Å². The van der Waals surface area contributed by atoms with Gasteiger partial charge in [-0.05, 0) is 38.8 Å². The van der Waals surface area contributed by atoms with E-state index in [-0.39, 0.29) is 6.42 Å². The lowest BCUT2D eigenvalue weighted by molar-refractivity contribution is -0.137. The minimum Gasteiger partial charge on any atom is -0.481 e. The third kappa shape index (κ3) is 24.0.